The van der Waals surface area contributed by atoms with Gasteiger partial charge in [0.1, 0.15) is 0 Å². The second kappa shape index (κ2) is 13.6. The molecule has 1 heterocycles. The molecule has 234 valence electrons. The summed E-state index contributed by atoms with van der Waals surface area (Å²) in [5, 5.41) is 8.73. The van der Waals surface area contributed by atoms with Gasteiger partial charge in [0.05, 0.1) is 0 Å². The topological polar surface area (TPSA) is 45.4 Å². The third-order valence-electron chi connectivity index (χ3n) is 8.45. The van der Waals surface area contributed by atoms with E-state index in [1.54, 1.807) is 0 Å². The summed E-state index contributed by atoms with van der Waals surface area (Å²) in [6.07, 6.45) is 0. The summed E-state index contributed by atoms with van der Waals surface area (Å²) in [4.78, 5) is 4.51. The second-order valence-corrected chi connectivity index (χ2v) is 11.6. The van der Waals surface area contributed by atoms with Crippen LogP contribution >= 0.6 is 0 Å². The summed E-state index contributed by atoms with van der Waals surface area (Å²) in [6, 6.07) is 66.7. The first-order valence-corrected chi connectivity index (χ1v) is 16.3. The largest absolute Gasteiger partial charge is 0.416 e. The Morgan fingerprint density at radius 1 is 0.265 bits per heavy atom. The van der Waals surface area contributed by atoms with E-state index in [1.807, 2.05) is 60.7 Å². The molecular formula is C44H32N4O. The monoisotopic (exact) mass is 632 g/mol. The van der Waals surface area contributed by atoms with Gasteiger partial charge in [-0.25, -0.2) is 0 Å². The van der Waals surface area contributed by atoms with E-state index in [0.29, 0.717) is 11.8 Å². The molecular weight excluding hydrogens is 601 g/mol. The normalized spacial score (nSPS) is 10.9. The Hall–Kier alpha value is -6.72. The van der Waals surface area contributed by atoms with Crippen LogP contribution in [0.5, 0.6) is 0 Å². The average Bonchev–Trinajstić information content (AvgIpc) is 3.68. The highest BCUT2D eigenvalue weighted by Gasteiger charge is 2.17. The standard InChI is InChI=1S/C44H32N4O/c1-5-13-33(14-6-1)34-21-23-35(24-22-34)43-45-46-44(49-43)36-25-27-40(28-26-36)48(39-19-11-4-12-20-39)42-31-29-41(30-32-42)47(37-15-7-2-8-16-37)38-17-9-3-10-18-38/h1-32H. The van der Waals surface area contributed by atoms with Crippen LogP contribution in [-0.2, 0) is 0 Å². The van der Waals surface area contributed by atoms with Crippen LogP contribution in [0.4, 0.5) is 34.1 Å². The fourth-order valence-corrected chi connectivity index (χ4v) is 6.02. The summed E-state index contributed by atoms with van der Waals surface area (Å²) in [5.41, 5.74) is 10.4. The minimum atomic E-state index is 0.478. The summed E-state index contributed by atoms with van der Waals surface area (Å²) >= 11 is 0. The zero-order chi connectivity index (χ0) is 32.8. The fourth-order valence-electron chi connectivity index (χ4n) is 6.02. The van der Waals surface area contributed by atoms with E-state index in [4.69, 9.17) is 4.42 Å². The molecule has 0 aliphatic carbocycles. The van der Waals surface area contributed by atoms with E-state index in [1.165, 1.54) is 5.56 Å². The van der Waals surface area contributed by atoms with Crippen LogP contribution in [0.3, 0.4) is 0 Å². The van der Waals surface area contributed by atoms with Crippen LogP contribution in [0, 0.1) is 0 Å². The molecule has 5 nitrogen and oxygen atoms in total. The second-order valence-electron chi connectivity index (χ2n) is 11.6. The molecule has 0 aliphatic heterocycles. The molecule has 0 saturated carbocycles. The SMILES string of the molecule is c1ccc(-c2ccc(-c3nnc(-c4ccc(N(c5ccccc5)c5ccc(N(c6ccccc6)c6ccccc6)cc5)cc4)o3)cc2)cc1. The Labute approximate surface area is 286 Å². The van der Waals surface area contributed by atoms with E-state index in [9.17, 15) is 0 Å². The first-order chi connectivity index (χ1) is 24.3. The Bertz CT molecular complexity index is 2200. The van der Waals surface area contributed by atoms with Crippen molar-refractivity contribution in [3.8, 4) is 34.0 Å². The Kier molecular flexibility index (Phi) is 8.21. The van der Waals surface area contributed by atoms with Crippen molar-refractivity contribution >= 4 is 34.1 Å². The maximum atomic E-state index is 6.14. The molecule has 0 saturated heterocycles. The van der Waals surface area contributed by atoms with Gasteiger partial charge in [-0.05, 0) is 108 Å². The number of rotatable bonds is 9. The van der Waals surface area contributed by atoms with Gasteiger partial charge in [-0.1, -0.05) is 97.1 Å². The van der Waals surface area contributed by atoms with Crippen molar-refractivity contribution in [2.45, 2.75) is 0 Å². The first kappa shape index (κ1) is 29.7. The summed E-state index contributed by atoms with van der Waals surface area (Å²) < 4.78 is 6.14. The molecule has 8 aromatic rings. The molecule has 0 atom stereocenters. The van der Waals surface area contributed by atoms with E-state index < -0.39 is 0 Å². The molecule has 1 aromatic heterocycles. The number of para-hydroxylation sites is 3. The van der Waals surface area contributed by atoms with Gasteiger partial charge in [0, 0.05) is 45.3 Å². The zero-order valence-electron chi connectivity index (χ0n) is 26.7. The van der Waals surface area contributed by atoms with Crippen LogP contribution in [0.1, 0.15) is 0 Å². The molecule has 5 heteroatoms. The van der Waals surface area contributed by atoms with Gasteiger partial charge in [0.2, 0.25) is 11.8 Å². The summed E-state index contributed by atoms with van der Waals surface area (Å²) in [7, 11) is 0. The lowest BCUT2D eigenvalue weighted by molar-refractivity contribution is 0.584. The van der Waals surface area contributed by atoms with Gasteiger partial charge in [0.15, 0.2) is 0 Å². The molecule has 0 aliphatic rings. The van der Waals surface area contributed by atoms with Crippen LogP contribution in [0.2, 0.25) is 0 Å². The van der Waals surface area contributed by atoms with E-state index in [-0.39, 0.29) is 0 Å². The third kappa shape index (κ3) is 6.33. The van der Waals surface area contributed by atoms with Crippen molar-refractivity contribution in [2.75, 3.05) is 9.80 Å². The number of benzene rings is 7. The molecule has 0 spiro atoms. The summed E-state index contributed by atoms with van der Waals surface area (Å²) in [5.74, 6) is 0.968. The molecule has 0 unspecified atom stereocenters. The number of hydrogen-bond acceptors (Lipinski definition) is 5. The smallest absolute Gasteiger partial charge is 0.248 e. The number of nitrogens with zero attached hydrogens (tertiary/aromatic N) is 4. The zero-order valence-corrected chi connectivity index (χ0v) is 26.7. The average molecular weight is 633 g/mol. The van der Waals surface area contributed by atoms with E-state index in [0.717, 1.165) is 50.8 Å². The molecule has 49 heavy (non-hydrogen) atoms. The predicted molar refractivity (Wildman–Crippen MR) is 200 cm³/mol. The minimum Gasteiger partial charge on any atom is -0.416 e. The third-order valence-corrected chi connectivity index (χ3v) is 8.45. The van der Waals surface area contributed by atoms with Gasteiger partial charge in [0.25, 0.3) is 0 Å². The van der Waals surface area contributed by atoms with Crippen LogP contribution in [0.15, 0.2) is 199 Å². The van der Waals surface area contributed by atoms with Crippen molar-refractivity contribution in [3.05, 3.63) is 194 Å². The van der Waals surface area contributed by atoms with Crippen molar-refractivity contribution in [2.24, 2.45) is 0 Å². The lowest BCUT2D eigenvalue weighted by Gasteiger charge is -2.28. The Morgan fingerprint density at radius 3 is 0.918 bits per heavy atom. The first-order valence-electron chi connectivity index (χ1n) is 16.3. The number of hydrogen-bond donors (Lipinski definition) is 0. The van der Waals surface area contributed by atoms with Crippen LogP contribution < -0.4 is 9.80 Å². The van der Waals surface area contributed by atoms with E-state index in [2.05, 4.69) is 153 Å². The molecule has 0 bridgehead atoms. The van der Waals surface area contributed by atoms with Gasteiger partial charge in [-0.3, -0.25) is 0 Å². The molecule has 0 amide bonds. The molecule has 8 rings (SSSR count). The van der Waals surface area contributed by atoms with Crippen molar-refractivity contribution in [1.82, 2.24) is 10.2 Å². The fraction of sp³-hybridized carbons (Fsp3) is 0. The predicted octanol–water partition coefficient (Wildman–Crippen LogP) is 12.0. The lowest BCUT2D eigenvalue weighted by Crippen LogP contribution is -2.12. The van der Waals surface area contributed by atoms with Crippen LogP contribution in [0.25, 0.3) is 34.0 Å². The van der Waals surface area contributed by atoms with E-state index >= 15 is 0 Å². The quantitative estimate of drug-likeness (QED) is 0.158. The highest BCUT2D eigenvalue weighted by Crippen LogP contribution is 2.39. The molecule has 7 aromatic carbocycles. The Morgan fingerprint density at radius 2 is 0.531 bits per heavy atom. The Balaban J connectivity index is 1.07. The van der Waals surface area contributed by atoms with Gasteiger partial charge in [-0.2, -0.15) is 0 Å². The minimum absolute atomic E-state index is 0.478. The summed E-state index contributed by atoms with van der Waals surface area (Å²) in [6.45, 7) is 0. The highest BCUT2D eigenvalue weighted by molar-refractivity contribution is 5.81. The molecule has 0 fully saturated rings. The van der Waals surface area contributed by atoms with Gasteiger partial charge in [-0.15, -0.1) is 10.2 Å². The molecule has 0 radical (unpaired) electrons. The lowest BCUT2D eigenvalue weighted by atomic mass is 10.0. The highest BCUT2D eigenvalue weighted by atomic mass is 16.4. The van der Waals surface area contributed by atoms with Crippen molar-refractivity contribution < 1.29 is 4.42 Å². The maximum absolute atomic E-state index is 6.14. The number of anilines is 6. The van der Waals surface area contributed by atoms with Crippen molar-refractivity contribution in [1.29, 1.82) is 0 Å². The van der Waals surface area contributed by atoms with Crippen molar-refractivity contribution in [3.63, 3.8) is 0 Å². The number of aromatic nitrogens is 2. The van der Waals surface area contributed by atoms with Gasteiger partial charge >= 0.3 is 0 Å². The maximum Gasteiger partial charge on any atom is 0.248 e. The van der Waals surface area contributed by atoms with Gasteiger partial charge < -0.3 is 14.2 Å². The molecule has 0 N–H and O–H groups in total. The van der Waals surface area contributed by atoms with Crippen LogP contribution in [-0.4, -0.2) is 10.2 Å².